The highest BCUT2D eigenvalue weighted by Crippen LogP contribution is 2.23. The summed E-state index contributed by atoms with van der Waals surface area (Å²) in [5.41, 5.74) is 2.58. The molecule has 0 atom stereocenters. The van der Waals surface area contributed by atoms with Crippen LogP contribution in [0.1, 0.15) is 31.8 Å². The van der Waals surface area contributed by atoms with Crippen LogP contribution in [0.25, 0.3) is 6.08 Å². The largest absolute Gasteiger partial charge is 0.496 e. The standard InChI is InChI=1S/C24H20O4/c1-17-11-13-19(14-12-17)24(26)28-23-10-6-4-8-20(23)21(25)16-15-18-7-3-5-9-22(18)27-2/h3-16H,1-2H3/b16-15-. The van der Waals surface area contributed by atoms with Crippen LogP contribution in [-0.4, -0.2) is 18.9 Å². The maximum atomic E-state index is 12.7. The first kappa shape index (κ1) is 19.1. The molecule has 0 amide bonds. The molecule has 3 aromatic rings. The summed E-state index contributed by atoms with van der Waals surface area (Å²) < 4.78 is 10.8. The number of aryl methyl sites for hydroxylation is 1. The van der Waals surface area contributed by atoms with E-state index in [4.69, 9.17) is 9.47 Å². The summed E-state index contributed by atoms with van der Waals surface area (Å²) in [6, 6.07) is 21.2. The van der Waals surface area contributed by atoms with Gasteiger partial charge in [-0.2, -0.15) is 0 Å². The molecule has 0 saturated heterocycles. The first-order valence-corrected chi connectivity index (χ1v) is 8.82. The number of ketones is 1. The predicted molar refractivity (Wildman–Crippen MR) is 109 cm³/mol. The Morgan fingerprint density at radius 3 is 2.18 bits per heavy atom. The summed E-state index contributed by atoms with van der Waals surface area (Å²) in [7, 11) is 1.58. The van der Waals surface area contributed by atoms with Crippen LogP contribution in [-0.2, 0) is 0 Å². The smallest absolute Gasteiger partial charge is 0.343 e. The first-order valence-electron chi connectivity index (χ1n) is 8.82. The fourth-order valence-electron chi connectivity index (χ4n) is 2.67. The molecule has 3 rings (SSSR count). The number of methoxy groups -OCH3 is 1. The van der Waals surface area contributed by atoms with Gasteiger partial charge in [-0.3, -0.25) is 4.79 Å². The normalized spacial score (nSPS) is 10.6. The molecular formula is C24H20O4. The Bertz CT molecular complexity index is 1020. The fraction of sp³-hybridized carbons (Fsp3) is 0.0833. The fourth-order valence-corrected chi connectivity index (χ4v) is 2.67. The number of carbonyl (C=O) groups is 2. The van der Waals surface area contributed by atoms with Crippen LogP contribution in [0, 0.1) is 6.92 Å². The van der Waals surface area contributed by atoms with Gasteiger partial charge >= 0.3 is 5.97 Å². The van der Waals surface area contributed by atoms with E-state index >= 15 is 0 Å². The van der Waals surface area contributed by atoms with E-state index in [0.29, 0.717) is 16.9 Å². The number of rotatable bonds is 6. The Kier molecular flexibility index (Phi) is 6.02. The summed E-state index contributed by atoms with van der Waals surface area (Å²) in [5.74, 6) is 0.126. The molecule has 0 heterocycles. The second-order valence-electron chi connectivity index (χ2n) is 6.19. The summed E-state index contributed by atoms with van der Waals surface area (Å²) in [6.45, 7) is 1.94. The third kappa shape index (κ3) is 4.54. The SMILES string of the molecule is COc1ccccc1/C=C\C(=O)c1ccccc1OC(=O)c1ccc(C)cc1. The third-order valence-corrected chi connectivity index (χ3v) is 4.20. The van der Waals surface area contributed by atoms with E-state index in [9.17, 15) is 9.59 Å². The quantitative estimate of drug-likeness (QED) is 0.261. The highest BCUT2D eigenvalue weighted by Gasteiger charge is 2.14. The maximum Gasteiger partial charge on any atom is 0.343 e. The molecule has 28 heavy (non-hydrogen) atoms. The van der Waals surface area contributed by atoms with Crippen LogP contribution >= 0.6 is 0 Å². The Morgan fingerprint density at radius 2 is 1.46 bits per heavy atom. The van der Waals surface area contributed by atoms with Gasteiger partial charge in [0, 0.05) is 5.56 Å². The number of allylic oxidation sites excluding steroid dienone is 1. The Balaban J connectivity index is 1.81. The van der Waals surface area contributed by atoms with E-state index in [-0.39, 0.29) is 11.5 Å². The van der Waals surface area contributed by atoms with Crippen LogP contribution in [0.15, 0.2) is 78.9 Å². The van der Waals surface area contributed by atoms with E-state index < -0.39 is 5.97 Å². The van der Waals surface area contributed by atoms with Crippen molar-refractivity contribution < 1.29 is 19.1 Å². The van der Waals surface area contributed by atoms with Crippen molar-refractivity contribution in [1.29, 1.82) is 0 Å². The lowest BCUT2D eigenvalue weighted by molar-refractivity contribution is 0.0733. The summed E-state index contributed by atoms with van der Waals surface area (Å²) in [4.78, 5) is 25.1. The molecule has 0 aliphatic heterocycles. The molecule has 4 heteroatoms. The second kappa shape index (κ2) is 8.82. The van der Waals surface area contributed by atoms with E-state index in [1.807, 2.05) is 43.3 Å². The highest BCUT2D eigenvalue weighted by atomic mass is 16.5. The van der Waals surface area contributed by atoms with Crippen LogP contribution in [0.2, 0.25) is 0 Å². The van der Waals surface area contributed by atoms with Gasteiger partial charge in [0.1, 0.15) is 11.5 Å². The van der Waals surface area contributed by atoms with Crippen molar-refractivity contribution in [3.05, 3.63) is 101 Å². The second-order valence-corrected chi connectivity index (χ2v) is 6.19. The van der Waals surface area contributed by atoms with E-state index in [1.54, 1.807) is 49.6 Å². The minimum absolute atomic E-state index is 0.225. The number of benzene rings is 3. The van der Waals surface area contributed by atoms with E-state index in [0.717, 1.165) is 11.1 Å². The third-order valence-electron chi connectivity index (χ3n) is 4.20. The molecule has 0 aromatic heterocycles. The average molecular weight is 372 g/mol. The minimum atomic E-state index is -0.506. The number of para-hydroxylation sites is 2. The molecule has 0 radical (unpaired) electrons. The van der Waals surface area contributed by atoms with Crippen LogP contribution < -0.4 is 9.47 Å². The van der Waals surface area contributed by atoms with Crippen molar-refractivity contribution in [2.75, 3.05) is 7.11 Å². The molecule has 0 aliphatic carbocycles. The zero-order valence-corrected chi connectivity index (χ0v) is 15.7. The lowest BCUT2D eigenvalue weighted by atomic mass is 10.1. The maximum absolute atomic E-state index is 12.7. The van der Waals surface area contributed by atoms with Gasteiger partial charge in [0.2, 0.25) is 0 Å². The molecule has 0 aliphatic rings. The molecule has 3 aromatic carbocycles. The number of carbonyl (C=O) groups excluding carboxylic acids is 2. The van der Waals surface area contributed by atoms with E-state index in [2.05, 4.69) is 0 Å². The van der Waals surface area contributed by atoms with Gasteiger partial charge in [-0.15, -0.1) is 0 Å². The van der Waals surface area contributed by atoms with Crippen LogP contribution in [0.5, 0.6) is 11.5 Å². The number of esters is 1. The molecule has 0 unspecified atom stereocenters. The van der Waals surface area contributed by atoms with E-state index in [1.165, 1.54) is 6.08 Å². The lowest BCUT2D eigenvalue weighted by Crippen LogP contribution is -2.11. The first-order chi connectivity index (χ1) is 13.6. The molecular weight excluding hydrogens is 352 g/mol. The molecule has 0 saturated carbocycles. The Morgan fingerprint density at radius 1 is 0.821 bits per heavy atom. The number of hydrogen-bond acceptors (Lipinski definition) is 4. The zero-order chi connectivity index (χ0) is 19.9. The van der Waals surface area contributed by atoms with Crippen LogP contribution in [0.3, 0.4) is 0 Å². The molecule has 0 N–H and O–H groups in total. The number of ether oxygens (including phenoxy) is 2. The zero-order valence-electron chi connectivity index (χ0n) is 15.7. The molecule has 0 fully saturated rings. The highest BCUT2D eigenvalue weighted by molar-refractivity contribution is 6.09. The summed E-state index contributed by atoms with van der Waals surface area (Å²) in [6.07, 6.45) is 3.12. The van der Waals surface area contributed by atoms with Crippen molar-refractivity contribution in [2.45, 2.75) is 6.92 Å². The monoisotopic (exact) mass is 372 g/mol. The van der Waals surface area contributed by atoms with Crippen molar-refractivity contribution >= 4 is 17.8 Å². The lowest BCUT2D eigenvalue weighted by Gasteiger charge is -2.08. The van der Waals surface area contributed by atoms with Crippen molar-refractivity contribution in [1.82, 2.24) is 0 Å². The molecule has 140 valence electrons. The van der Waals surface area contributed by atoms with Crippen LogP contribution in [0.4, 0.5) is 0 Å². The van der Waals surface area contributed by atoms with Gasteiger partial charge < -0.3 is 9.47 Å². The summed E-state index contributed by atoms with van der Waals surface area (Å²) in [5, 5.41) is 0. The van der Waals surface area contributed by atoms with Gasteiger partial charge in [-0.05, 0) is 49.4 Å². The van der Waals surface area contributed by atoms with Crippen molar-refractivity contribution in [3.63, 3.8) is 0 Å². The van der Waals surface area contributed by atoms with Gasteiger partial charge in [-0.1, -0.05) is 48.0 Å². The number of hydrogen-bond donors (Lipinski definition) is 0. The minimum Gasteiger partial charge on any atom is -0.496 e. The predicted octanol–water partition coefficient (Wildman–Crippen LogP) is 5.12. The topological polar surface area (TPSA) is 52.6 Å². The van der Waals surface area contributed by atoms with Gasteiger partial charge in [-0.25, -0.2) is 4.79 Å². The van der Waals surface area contributed by atoms with Gasteiger partial charge in [0.25, 0.3) is 0 Å². The molecule has 0 bridgehead atoms. The Hall–Kier alpha value is -3.66. The molecule has 0 spiro atoms. The van der Waals surface area contributed by atoms with Crippen molar-refractivity contribution in [3.8, 4) is 11.5 Å². The molecule has 4 nitrogen and oxygen atoms in total. The summed E-state index contributed by atoms with van der Waals surface area (Å²) >= 11 is 0. The van der Waals surface area contributed by atoms with Crippen molar-refractivity contribution in [2.24, 2.45) is 0 Å². The van der Waals surface area contributed by atoms with Gasteiger partial charge in [0.05, 0.1) is 18.2 Å². The Labute approximate surface area is 164 Å². The van der Waals surface area contributed by atoms with Gasteiger partial charge in [0.15, 0.2) is 5.78 Å². The average Bonchev–Trinajstić information content (AvgIpc) is 2.73.